The normalized spacial score (nSPS) is 14.2. The second kappa shape index (κ2) is 7.99. The first-order valence-corrected chi connectivity index (χ1v) is 8.73. The van der Waals surface area contributed by atoms with Crippen molar-refractivity contribution in [3.8, 4) is 0 Å². The smallest absolute Gasteiger partial charge is 0.242 e. The van der Waals surface area contributed by atoms with Crippen LogP contribution in [0.3, 0.4) is 0 Å². The molecule has 0 saturated carbocycles. The van der Waals surface area contributed by atoms with E-state index < -0.39 is 0 Å². The minimum absolute atomic E-state index is 0.0344. The zero-order chi connectivity index (χ0) is 18.5. The van der Waals surface area contributed by atoms with Crippen LogP contribution in [0.25, 0.3) is 0 Å². The number of rotatable bonds is 6. The Kier molecular flexibility index (Phi) is 5.51. The number of amides is 2. The molecule has 5 nitrogen and oxygen atoms in total. The molecule has 1 aliphatic heterocycles. The van der Waals surface area contributed by atoms with Crippen molar-refractivity contribution >= 4 is 23.2 Å². The van der Waals surface area contributed by atoms with Crippen molar-refractivity contribution in [2.75, 3.05) is 17.2 Å². The van der Waals surface area contributed by atoms with Gasteiger partial charge in [-0.15, -0.1) is 0 Å². The van der Waals surface area contributed by atoms with E-state index in [0.717, 1.165) is 22.5 Å². The Hall–Kier alpha value is -2.89. The second-order valence-corrected chi connectivity index (χ2v) is 6.45. The lowest BCUT2D eigenvalue weighted by Crippen LogP contribution is -2.38. The Bertz CT molecular complexity index is 805. The van der Waals surface area contributed by atoms with Gasteiger partial charge in [0.1, 0.15) is 11.9 Å². The van der Waals surface area contributed by atoms with Gasteiger partial charge in [0.15, 0.2) is 0 Å². The molecule has 6 heteroatoms. The summed E-state index contributed by atoms with van der Waals surface area (Å²) in [5, 5.41) is 8.91. The Morgan fingerprint density at radius 3 is 2.73 bits per heavy atom. The van der Waals surface area contributed by atoms with Crippen LogP contribution in [0, 0.1) is 5.82 Å². The minimum Gasteiger partial charge on any atom is -0.374 e. The zero-order valence-electron chi connectivity index (χ0n) is 14.6. The number of halogens is 1. The van der Waals surface area contributed by atoms with Crippen LogP contribution in [0.1, 0.15) is 24.5 Å². The molecule has 1 atom stereocenters. The number of aryl methyl sites for hydroxylation is 1. The molecule has 0 aliphatic carbocycles. The van der Waals surface area contributed by atoms with Crippen molar-refractivity contribution < 1.29 is 14.0 Å². The van der Waals surface area contributed by atoms with Gasteiger partial charge in [0, 0.05) is 24.3 Å². The van der Waals surface area contributed by atoms with Crippen LogP contribution in [0.4, 0.5) is 15.8 Å². The maximum atomic E-state index is 12.9. The van der Waals surface area contributed by atoms with Crippen LogP contribution in [-0.2, 0) is 22.4 Å². The van der Waals surface area contributed by atoms with E-state index in [2.05, 4.69) is 16.0 Å². The fourth-order valence-electron chi connectivity index (χ4n) is 2.92. The van der Waals surface area contributed by atoms with Crippen molar-refractivity contribution in [1.29, 1.82) is 0 Å². The summed E-state index contributed by atoms with van der Waals surface area (Å²) in [7, 11) is 0. The fourth-order valence-corrected chi connectivity index (χ4v) is 2.92. The van der Waals surface area contributed by atoms with E-state index in [1.54, 1.807) is 19.1 Å². The predicted molar refractivity (Wildman–Crippen MR) is 99.6 cm³/mol. The van der Waals surface area contributed by atoms with Crippen LogP contribution in [0.15, 0.2) is 42.5 Å². The summed E-state index contributed by atoms with van der Waals surface area (Å²) in [5.74, 6) is -0.328. The van der Waals surface area contributed by atoms with E-state index in [1.165, 1.54) is 12.1 Å². The standard InChI is InChI=1S/C20H22FN3O2/c1-13(20(26)22-11-10-14-2-5-16(21)6-3-14)23-17-7-8-18-15(12-17)4-9-19(25)24-18/h2-3,5-8,12-13,23H,4,9-11H2,1H3,(H,22,26)(H,24,25). The summed E-state index contributed by atoms with van der Waals surface area (Å²) in [5.41, 5.74) is 3.73. The average molecular weight is 355 g/mol. The fraction of sp³-hybridized carbons (Fsp3) is 0.300. The molecule has 2 aromatic carbocycles. The largest absolute Gasteiger partial charge is 0.374 e. The molecular formula is C20H22FN3O2. The number of fused-ring (bicyclic) bond motifs is 1. The molecular weight excluding hydrogens is 333 g/mol. The lowest BCUT2D eigenvalue weighted by molar-refractivity contribution is -0.121. The SMILES string of the molecule is CC(Nc1ccc2c(c1)CCC(=O)N2)C(=O)NCCc1ccc(F)cc1. The summed E-state index contributed by atoms with van der Waals surface area (Å²) >= 11 is 0. The number of anilines is 2. The van der Waals surface area contributed by atoms with E-state index in [-0.39, 0.29) is 23.7 Å². The van der Waals surface area contributed by atoms with Crippen molar-refractivity contribution in [3.63, 3.8) is 0 Å². The van der Waals surface area contributed by atoms with Crippen LogP contribution in [-0.4, -0.2) is 24.4 Å². The molecule has 0 saturated heterocycles. The van der Waals surface area contributed by atoms with Crippen molar-refractivity contribution in [3.05, 3.63) is 59.4 Å². The number of hydrogen-bond donors (Lipinski definition) is 3. The number of carbonyl (C=O) groups is 2. The number of hydrogen-bond acceptors (Lipinski definition) is 3. The molecule has 1 heterocycles. The van der Waals surface area contributed by atoms with Gasteiger partial charge in [-0.3, -0.25) is 9.59 Å². The molecule has 2 amide bonds. The van der Waals surface area contributed by atoms with Crippen LogP contribution in [0.2, 0.25) is 0 Å². The van der Waals surface area contributed by atoms with Crippen LogP contribution < -0.4 is 16.0 Å². The van der Waals surface area contributed by atoms with E-state index in [4.69, 9.17) is 0 Å². The topological polar surface area (TPSA) is 70.2 Å². The molecule has 3 rings (SSSR count). The Morgan fingerprint density at radius 1 is 1.19 bits per heavy atom. The van der Waals surface area contributed by atoms with Gasteiger partial charge in [-0.1, -0.05) is 12.1 Å². The molecule has 1 unspecified atom stereocenters. The van der Waals surface area contributed by atoms with E-state index in [0.29, 0.717) is 25.8 Å². The molecule has 0 bridgehead atoms. The van der Waals surface area contributed by atoms with Gasteiger partial charge in [-0.2, -0.15) is 0 Å². The maximum absolute atomic E-state index is 12.9. The van der Waals surface area contributed by atoms with Gasteiger partial charge in [-0.05, 0) is 61.2 Å². The van der Waals surface area contributed by atoms with Gasteiger partial charge < -0.3 is 16.0 Å². The van der Waals surface area contributed by atoms with E-state index in [1.807, 2.05) is 18.2 Å². The lowest BCUT2D eigenvalue weighted by Gasteiger charge is -2.20. The van der Waals surface area contributed by atoms with Gasteiger partial charge in [0.2, 0.25) is 11.8 Å². The second-order valence-electron chi connectivity index (χ2n) is 6.45. The first kappa shape index (κ1) is 17.9. The third-order valence-corrected chi connectivity index (χ3v) is 4.40. The van der Waals surface area contributed by atoms with Crippen LogP contribution >= 0.6 is 0 Å². The molecule has 1 aliphatic rings. The van der Waals surface area contributed by atoms with Crippen molar-refractivity contribution in [2.45, 2.75) is 32.2 Å². The molecule has 3 N–H and O–H groups in total. The summed E-state index contributed by atoms with van der Waals surface area (Å²) in [4.78, 5) is 23.6. The number of carbonyl (C=O) groups excluding carboxylic acids is 2. The molecule has 26 heavy (non-hydrogen) atoms. The molecule has 0 fully saturated rings. The lowest BCUT2D eigenvalue weighted by atomic mass is 10.0. The summed E-state index contributed by atoms with van der Waals surface area (Å²) in [6.07, 6.45) is 1.84. The molecule has 0 aromatic heterocycles. The third kappa shape index (κ3) is 4.59. The average Bonchev–Trinajstić information content (AvgIpc) is 2.63. The summed E-state index contributed by atoms with van der Waals surface area (Å²) in [6, 6.07) is 11.6. The van der Waals surface area contributed by atoms with Crippen molar-refractivity contribution in [1.82, 2.24) is 5.32 Å². The highest BCUT2D eigenvalue weighted by molar-refractivity contribution is 5.94. The van der Waals surface area contributed by atoms with Gasteiger partial charge in [-0.25, -0.2) is 4.39 Å². The Labute approximate surface area is 152 Å². The highest BCUT2D eigenvalue weighted by Gasteiger charge is 2.16. The minimum atomic E-state index is -0.389. The maximum Gasteiger partial charge on any atom is 0.242 e. The molecule has 0 spiro atoms. The zero-order valence-corrected chi connectivity index (χ0v) is 14.6. The molecule has 0 radical (unpaired) electrons. The summed E-state index contributed by atoms with van der Waals surface area (Å²) in [6.45, 7) is 2.29. The van der Waals surface area contributed by atoms with Gasteiger partial charge >= 0.3 is 0 Å². The highest BCUT2D eigenvalue weighted by Crippen LogP contribution is 2.25. The first-order chi connectivity index (χ1) is 12.5. The Morgan fingerprint density at radius 2 is 1.96 bits per heavy atom. The summed E-state index contributed by atoms with van der Waals surface area (Å²) < 4.78 is 12.9. The van der Waals surface area contributed by atoms with Crippen molar-refractivity contribution in [2.24, 2.45) is 0 Å². The van der Waals surface area contributed by atoms with E-state index >= 15 is 0 Å². The Balaban J connectivity index is 1.49. The first-order valence-electron chi connectivity index (χ1n) is 8.73. The highest BCUT2D eigenvalue weighted by atomic mass is 19.1. The molecule has 2 aromatic rings. The van der Waals surface area contributed by atoms with Gasteiger partial charge in [0.25, 0.3) is 0 Å². The van der Waals surface area contributed by atoms with Gasteiger partial charge in [0.05, 0.1) is 0 Å². The quantitative estimate of drug-likeness (QED) is 0.746. The third-order valence-electron chi connectivity index (χ3n) is 4.40. The molecule has 136 valence electrons. The predicted octanol–water partition coefficient (Wildman–Crippen LogP) is 2.87. The number of nitrogens with one attached hydrogen (secondary N) is 3. The monoisotopic (exact) mass is 355 g/mol. The number of benzene rings is 2. The van der Waals surface area contributed by atoms with E-state index in [9.17, 15) is 14.0 Å². The van der Waals surface area contributed by atoms with Crippen LogP contribution in [0.5, 0.6) is 0 Å².